The minimum Gasteiger partial charge on any atom is -0.0622 e. The first-order valence-electron chi connectivity index (χ1n) is 30.3. The van der Waals surface area contributed by atoms with Crippen LogP contribution in [0, 0.1) is 6.92 Å². The van der Waals surface area contributed by atoms with E-state index in [0.717, 1.165) is 0 Å². The van der Waals surface area contributed by atoms with E-state index in [1.54, 1.807) is 0 Å². The summed E-state index contributed by atoms with van der Waals surface area (Å²) in [6.07, 6.45) is 0. The van der Waals surface area contributed by atoms with Gasteiger partial charge in [0.05, 0.1) is 0 Å². The maximum Gasteiger partial charge on any atom is -0.00259 e. The Morgan fingerprint density at radius 2 is 0.368 bits per heavy atom. The van der Waals surface area contributed by atoms with E-state index in [0.29, 0.717) is 0 Å². The van der Waals surface area contributed by atoms with Gasteiger partial charge in [-0.05, 0) is 231 Å². The van der Waals surface area contributed by atoms with Crippen LogP contribution in [0.3, 0.4) is 0 Å². The molecule has 0 bridgehead atoms. The monoisotopic (exact) mass is 1100 g/mol. The van der Waals surface area contributed by atoms with Gasteiger partial charge in [-0.15, -0.1) is 0 Å². The number of aryl methyl sites for hydroxylation is 1. The molecule has 0 amide bonds. The summed E-state index contributed by atoms with van der Waals surface area (Å²) < 4.78 is 0. The Hall–Kier alpha value is -11.2. The van der Waals surface area contributed by atoms with Crippen LogP contribution in [0.2, 0.25) is 0 Å². The van der Waals surface area contributed by atoms with Crippen LogP contribution in [-0.4, -0.2) is 0 Å². The van der Waals surface area contributed by atoms with Crippen molar-refractivity contribution in [1.82, 2.24) is 0 Å². The van der Waals surface area contributed by atoms with Gasteiger partial charge in [0, 0.05) is 0 Å². The molecule has 0 saturated carbocycles. The van der Waals surface area contributed by atoms with E-state index < -0.39 is 0 Å². The summed E-state index contributed by atoms with van der Waals surface area (Å²) in [6, 6.07) is 120. The van der Waals surface area contributed by atoms with Gasteiger partial charge in [0.1, 0.15) is 0 Å². The molecule has 87 heavy (non-hydrogen) atoms. The van der Waals surface area contributed by atoms with Crippen LogP contribution >= 0.6 is 0 Å². The minimum absolute atomic E-state index is 1.20. The SMILES string of the molecule is Cc1ccc(-c2ccc3c(-c4ccc5cc(-c6ccc7cc(-c8c9ccccc9c(-c9ccc%10ccccc%10c9)c9ccc(-c%10ccc(-c%11ccccc%11)cc%10)cc89)ccc7c6)ccc5c4)c4ccccc4c(-c4ccc5ccccc5c4)c3c2)cc1. The van der Waals surface area contributed by atoms with Crippen LogP contribution in [0.15, 0.2) is 322 Å². The van der Waals surface area contributed by atoms with Crippen molar-refractivity contribution in [1.29, 1.82) is 0 Å². The highest BCUT2D eigenvalue weighted by molar-refractivity contribution is 6.24. The van der Waals surface area contributed by atoms with Gasteiger partial charge in [0.25, 0.3) is 0 Å². The Bertz CT molecular complexity index is 5610. The molecule has 404 valence electrons. The molecule has 17 aromatic rings. The maximum absolute atomic E-state index is 2.44. The summed E-state index contributed by atoms with van der Waals surface area (Å²) in [5, 5.41) is 19.8. The third kappa shape index (κ3) is 8.76. The fourth-order valence-electron chi connectivity index (χ4n) is 14.0. The fraction of sp³-hybridized carbons (Fsp3) is 0.0115. The molecule has 0 saturated heterocycles. The molecule has 0 fully saturated rings. The molecule has 0 spiro atoms. The molecular formula is C87H56. The van der Waals surface area contributed by atoms with Crippen LogP contribution in [0.5, 0.6) is 0 Å². The first kappa shape index (κ1) is 50.3. The molecule has 17 rings (SSSR count). The molecule has 0 radical (unpaired) electrons. The quantitative estimate of drug-likeness (QED) is 0.133. The average molecular weight is 1100 g/mol. The smallest absolute Gasteiger partial charge is 0.00259 e. The van der Waals surface area contributed by atoms with E-state index in [-0.39, 0.29) is 0 Å². The van der Waals surface area contributed by atoms with Crippen molar-refractivity contribution in [3.05, 3.63) is 327 Å². The summed E-state index contributed by atoms with van der Waals surface area (Å²) in [5.41, 5.74) is 20.8. The Morgan fingerprint density at radius 1 is 0.138 bits per heavy atom. The molecule has 0 atom stereocenters. The number of fused-ring (bicyclic) bond motifs is 8. The number of benzene rings is 17. The predicted molar refractivity (Wildman–Crippen MR) is 375 cm³/mol. The van der Waals surface area contributed by atoms with E-state index in [1.165, 1.54) is 181 Å². The van der Waals surface area contributed by atoms with Crippen molar-refractivity contribution in [2.24, 2.45) is 0 Å². The maximum atomic E-state index is 2.44. The number of hydrogen-bond donors (Lipinski definition) is 0. The van der Waals surface area contributed by atoms with Gasteiger partial charge >= 0.3 is 0 Å². The molecule has 0 unspecified atom stereocenters. The van der Waals surface area contributed by atoms with Crippen LogP contribution in [0.4, 0.5) is 0 Å². The zero-order chi connectivity index (χ0) is 57.5. The Kier molecular flexibility index (Phi) is 11.9. The normalized spacial score (nSPS) is 11.7. The van der Waals surface area contributed by atoms with Gasteiger partial charge < -0.3 is 0 Å². The second kappa shape index (κ2) is 20.6. The summed E-state index contributed by atoms with van der Waals surface area (Å²) in [5.74, 6) is 0. The summed E-state index contributed by atoms with van der Waals surface area (Å²) in [6.45, 7) is 2.15. The standard InChI is InChI=1S/C87H56/c1-55-23-25-60(26-24-55)70-43-45-81-82(53-70)86(74-40-32-58-16-6-8-18-63(58)50-74)78-21-11-10-20-77(78)85(81)73-41-37-66-47-64(33-35-68(66)51-73)65-34-36-69-52-75(42-38-67(69)48-65)87-79-22-12-9-19-76(79)84(72-39-31-57-15-5-7-17-62(57)49-72)80-46-44-71(54-83(80)87)61-29-27-59(28-30-61)56-13-3-2-4-14-56/h2-54H,1H3. The lowest BCUT2D eigenvalue weighted by Crippen LogP contribution is -1.92. The van der Waals surface area contributed by atoms with Crippen molar-refractivity contribution in [3.8, 4) is 89.0 Å². The Labute approximate surface area is 506 Å². The number of rotatable bonds is 8. The van der Waals surface area contributed by atoms with Gasteiger partial charge in [0.15, 0.2) is 0 Å². The molecule has 0 aliphatic heterocycles. The van der Waals surface area contributed by atoms with Crippen molar-refractivity contribution in [3.63, 3.8) is 0 Å². The van der Waals surface area contributed by atoms with E-state index in [4.69, 9.17) is 0 Å². The molecule has 0 nitrogen and oxygen atoms in total. The van der Waals surface area contributed by atoms with E-state index >= 15 is 0 Å². The second-order valence-corrected chi connectivity index (χ2v) is 23.6. The van der Waals surface area contributed by atoms with Crippen LogP contribution in [-0.2, 0) is 0 Å². The average Bonchev–Trinajstić information content (AvgIpc) is 2.02. The molecule has 0 N–H and O–H groups in total. The third-order valence-corrected chi connectivity index (χ3v) is 18.4. The van der Waals surface area contributed by atoms with E-state index in [2.05, 4.69) is 328 Å². The zero-order valence-corrected chi connectivity index (χ0v) is 48.1. The summed E-state index contributed by atoms with van der Waals surface area (Å²) >= 11 is 0. The predicted octanol–water partition coefficient (Wildman–Crippen LogP) is 24.6. The largest absolute Gasteiger partial charge is 0.0622 e. The highest BCUT2D eigenvalue weighted by atomic mass is 14.2. The highest BCUT2D eigenvalue weighted by Gasteiger charge is 2.21. The zero-order valence-electron chi connectivity index (χ0n) is 48.1. The van der Waals surface area contributed by atoms with Crippen LogP contribution in [0.25, 0.3) is 175 Å². The van der Waals surface area contributed by atoms with Crippen LogP contribution < -0.4 is 0 Å². The van der Waals surface area contributed by atoms with Crippen molar-refractivity contribution >= 4 is 86.2 Å². The molecule has 17 aromatic carbocycles. The third-order valence-electron chi connectivity index (χ3n) is 18.4. The van der Waals surface area contributed by atoms with Gasteiger partial charge in [-0.1, -0.05) is 279 Å². The molecule has 0 aliphatic carbocycles. The van der Waals surface area contributed by atoms with E-state index in [9.17, 15) is 0 Å². The lowest BCUT2D eigenvalue weighted by Gasteiger charge is -2.19. The summed E-state index contributed by atoms with van der Waals surface area (Å²) in [4.78, 5) is 0. The molecule has 0 aliphatic rings. The van der Waals surface area contributed by atoms with Gasteiger partial charge in [-0.25, -0.2) is 0 Å². The first-order valence-corrected chi connectivity index (χ1v) is 30.3. The molecular weight excluding hydrogens is 1040 g/mol. The molecule has 0 heterocycles. The van der Waals surface area contributed by atoms with Crippen LogP contribution in [0.1, 0.15) is 5.56 Å². The minimum atomic E-state index is 1.20. The lowest BCUT2D eigenvalue weighted by molar-refractivity contribution is 1.47. The van der Waals surface area contributed by atoms with Crippen molar-refractivity contribution < 1.29 is 0 Å². The lowest BCUT2D eigenvalue weighted by atomic mass is 9.84. The van der Waals surface area contributed by atoms with Crippen molar-refractivity contribution in [2.75, 3.05) is 0 Å². The number of hydrogen-bond acceptors (Lipinski definition) is 0. The van der Waals surface area contributed by atoms with Gasteiger partial charge in [0.2, 0.25) is 0 Å². The molecule has 0 heteroatoms. The topological polar surface area (TPSA) is 0 Å². The second-order valence-electron chi connectivity index (χ2n) is 23.6. The van der Waals surface area contributed by atoms with E-state index in [1.807, 2.05) is 0 Å². The summed E-state index contributed by atoms with van der Waals surface area (Å²) in [7, 11) is 0. The van der Waals surface area contributed by atoms with Gasteiger partial charge in [-0.2, -0.15) is 0 Å². The molecule has 0 aromatic heterocycles. The fourth-order valence-corrected chi connectivity index (χ4v) is 14.0. The van der Waals surface area contributed by atoms with Crippen molar-refractivity contribution in [2.45, 2.75) is 6.92 Å². The highest BCUT2D eigenvalue weighted by Crippen LogP contribution is 2.48. The Balaban J connectivity index is 0.761. The van der Waals surface area contributed by atoms with Gasteiger partial charge in [-0.3, -0.25) is 0 Å². The first-order chi connectivity index (χ1) is 43.0. The Morgan fingerprint density at radius 3 is 0.770 bits per heavy atom.